The highest BCUT2D eigenvalue weighted by Crippen LogP contribution is 2.46. The fraction of sp³-hybridized carbons (Fsp3) is 0.588. The minimum Gasteiger partial charge on any atom is -0.335 e. The second-order valence-electron chi connectivity index (χ2n) is 6.51. The summed E-state index contributed by atoms with van der Waals surface area (Å²) in [6.07, 6.45) is 1.86. The predicted octanol–water partition coefficient (Wildman–Crippen LogP) is 2.80. The number of hydrogen-bond donors (Lipinski definition) is 1. The molecule has 1 saturated carbocycles. The van der Waals surface area contributed by atoms with Crippen molar-refractivity contribution in [3.8, 4) is 0 Å². The van der Waals surface area contributed by atoms with Gasteiger partial charge in [-0.2, -0.15) is 0 Å². The highest BCUT2D eigenvalue weighted by Gasteiger charge is 2.49. The lowest BCUT2D eigenvalue weighted by molar-refractivity contribution is -0.152. The van der Waals surface area contributed by atoms with Crippen molar-refractivity contribution in [2.24, 2.45) is 17.1 Å². The van der Waals surface area contributed by atoms with Gasteiger partial charge in [-0.05, 0) is 38.2 Å². The first-order valence-corrected chi connectivity index (χ1v) is 7.53. The van der Waals surface area contributed by atoms with Crippen molar-refractivity contribution in [2.45, 2.75) is 46.2 Å². The fourth-order valence-electron chi connectivity index (χ4n) is 3.28. The Morgan fingerprint density at radius 2 is 1.95 bits per heavy atom. The molecule has 0 heterocycles. The van der Waals surface area contributed by atoms with Crippen LogP contribution in [-0.2, 0) is 11.3 Å². The van der Waals surface area contributed by atoms with Crippen LogP contribution in [0.15, 0.2) is 30.3 Å². The van der Waals surface area contributed by atoms with Crippen molar-refractivity contribution < 1.29 is 4.79 Å². The first-order valence-electron chi connectivity index (χ1n) is 7.53. The van der Waals surface area contributed by atoms with Crippen LogP contribution in [0.4, 0.5) is 0 Å². The third kappa shape index (κ3) is 2.88. The van der Waals surface area contributed by atoms with Crippen LogP contribution in [-0.4, -0.2) is 23.4 Å². The Hall–Kier alpha value is -1.35. The molecule has 3 heteroatoms. The molecule has 1 aliphatic carbocycles. The van der Waals surface area contributed by atoms with Crippen molar-refractivity contribution >= 4 is 5.91 Å². The van der Waals surface area contributed by atoms with E-state index in [1.165, 1.54) is 5.56 Å². The van der Waals surface area contributed by atoms with E-state index in [-0.39, 0.29) is 17.4 Å². The summed E-state index contributed by atoms with van der Waals surface area (Å²) < 4.78 is 0. The van der Waals surface area contributed by atoms with Gasteiger partial charge in [0.2, 0.25) is 5.91 Å². The van der Waals surface area contributed by atoms with Gasteiger partial charge in [-0.15, -0.1) is 0 Å². The maximum Gasteiger partial charge on any atom is 0.230 e. The second-order valence-corrected chi connectivity index (χ2v) is 6.51. The Labute approximate surface area is 122 Å². The van der Waals surface area contributed by atoms with Gasteiger partial charge >= 0.3 is 0 Å². The van der Waals surface area contributed by atoms with Crippen molar-refractivity contribution in [3.63, 3.8) is 0 Å². The van der Waals surface area contributed by atoms with Gasteiger partial charge in [-0.1, -0.05) is 37.3 Å². The minimum absolute atomic E-state index is 0.196. The number of benzene rings is 1. The molecule has 110 valence electrons. The lowest BCUT2D eigenvalue weighted by Crippen LogP contribution is -2.55. The molecule has 0 saturated heterocycles. The van der Waals surface area contributed by atoms with E-state index in [0.717, 1.165) is 12.8 Å². The van der Waals surface area contributed by atoms with Gasteiger partial charge in [0, 0.05) is 19.1 Å². The molecule has 0 aliphatic heterocycles. The van der Waals surface area contributed by atoms with Crippen molar-refractivity contribution in [3.05, 3.63) is 35.9 Å². The van der Waals surface area contributed by atoms with Gasteiger partial charge in [0.1, 0.15) is 0 Å². The smallest absolute Gasteiger partial charge is 0.230 e. The van der Waals surface area contributed by atoms with E-state index in [0.29, 0.717) is 19.0 Å². The zero-order valence-electron chi connectivity index (χ0n) is 12.8. The Balaban J connectivity index is 2.14. The van der Waals surface area contributed by atoms with Crippen molar-refractivity contribution in [1.82, 2.24) is 4.90 Å². The van der Waals surface area contributed by atoms with Crippen LogP contribution in [0.2, 0.25) is 0 Å². The highest BCUT2D eigenvalue weighted by atomic mass is 16.2. The Morgan fingerprint density at radius 3 is 2.40 bits per heavy atom. The van der Waals surface area contributed by atoms with E-state index >= 15 is 0 Å². The summed E-state index contributed by atoms with van der Waals surface area (Å²) >= 11 is 0. The van der Waals surface area contributed by atoms with E-state index in [2.05, 4.69) is 32.9 Å². The summed E-state index contributed by atoms with van der Waals surface area (Å²) in [5.74, 6) is 0.852. The molecule has 1 aromatic carbocycles. The molecule has 0 spiro atoms. The number of amides is 1. The molecular weight excluding hydrogens is 248 g/mol. The van der Waals surface area contributed by atoms with Gasteiger partial charge < -0.3 is 10.6 Å². The Bertz CT molecular complexity index is 449. The molecule has 1 aromatic rings. The molecule has 0 radical (unpaired) electrons. The standard InChI is InChI=1S/C17H26N2O/c1-13(2)19(11-15-7-5-4-6-8-15)16(20)17(12-18)9-14(3)10-17/h4-8,13-14H,9-12,18H2,1-3H3. The van der Waals surface area contributed by atoms with Gasteiger partial charge in [-0.25, -0.2) is 0 Å². The summed E-state index contributed by atoms with van der Waals surface area (Å²) in [5, 5.41) is 0. The van der Waals surface area contributed by atoms with E-state index in [1.807, 2.05) is 23.1 Å². The first-order chi connectivity index (χ1) is 9.48. The zero-order chi connectivity index (χ0) is 14.8. The molecule has 1 amide bonds. The number of nitrogens with two attached hydrogens (primary N) is 1. The maximum atomic E-state index is 12.9. The summed E-state index contributed by atoms with van der Waals surface area (Å²) in [5.41, 5.74) is 6.78. The summed E-state index contributed by atoms with van der Waals surface area (Å²) in [6.45, 7) is 7.49. The molecule has 1 aliphatic rings. The molecule has 2 N–H and O–H groups in total. The van der Waals surface area contributed by atoms with E-state index in [4.69, 9.17) is 5.73 Å². The molecule has 0 bridgehead atoms. The fourth-order valence-corrected chi connectivity index (χ4v) is 3.28. The van der Waals surface area contributed by atoms with Crippen LogP contribution in [0.3, 0.4) is 0 Å². The second kappa shape index (κ2) is 5.96. The average molecular weight is 274 g/mol. The number of carbonyl (C=O) groups excluding carboxylic acids is 1. The predicted molar refractivity (Wildman–Crippen MR) is 82.0 cm³/mol. The minimum atomic E-state index is -0.307. The zero-order valence-corrected chi connectivity index (χ0v) is 12.8. The Morgan fingerprint density at radius 1 is 1.35 bits per heavy atom. The quantitative estimate of drug-likeness (QED) is 0.897. The Kier molecular flexibility index (Phi) is 4.48. The first kappa shape index (κ1) is 15.0. The van der Waals surface area contributed by atoms with Gasteiger partial charge in [-0.3, -0.25) is 4.79 Å². The molecule has 3 nitrogen and oxygen atoms in total. The molecule has 1 fully saturated rings. The molecule has 2 rings (SSSR count). The monoisotopic (exact) mass is 274 g/mol. The summed E-state index contributed by atoms with van der Waals surface area (Å²) in [7, 11) is 0. The molecule has 0 unspecified atom stereocenters. The largest absolute Gasteiger partial charge is 0.335 e. The van der Waals surface area contributed by atoms with Gasteiger partial charge in [0.05, 0.1) is 5.41 Å². The van der Waals surface area contributed by atoms with Crippen molar-refractivity contribution in [1.29, 1.82) is 0 Å². The van der Waals surface area contributed by atoms with Gasteiger partial charge in [0.25, 0.3) is 0 Å². The molecule has 0 atom stereocenters. The van der Waals surface area contributed by atoms with E-state index in [1.54, 1.807) is 0 Å². The van der Waals surface area contributed by atoms with Crippen LogP contribution in [0.5, 0.6) is 0 Å². The lowest BCUT2D eigenvalue weighted by Gasteiger charge is -2.47. The van der Waals surface area contributed by atoms with E-state index < -0.39 is 0 Å². The lowest BCUT2D eigenvalue weighted by atomic mass is 9.61. The number of nitrogens with zero attached hydrogens (tertiary/aromatic N) is 1. The van der Waals surface area contributed by atoms with Crippen LogP contribution >= 0.6 is 0 Å². The van der Waals surface area contributed by atoms with Crippen molar-refractivity contribution in [2.75, 3.05) is 6.54 Å². The maximum absolute atomic E-state index is 12.9. The number of rotatable bonds is 5. The number of hydrogen-bond acceptors (Lipinski definition) is 2. The molecule has 20 heavy (non-hydrogen) atoms. The molecular formula is C17H26N2O. The normalized spacial score (nSPS) is 25.4. The molecule has 0 aromatic heterocycles. The van der Waals surface area contributed by atoms with Crippen LogP contribution in [0, 0.1) is 11.3 Å². The third-order valence-electron chi connectivity index (χ3n) is 4.40. The summed E-state index contributed by atoms with van der Waals surface area (Å²) in [6, 6.07) is 10.4. The number of carbonyl (C=O) groups is 1. The summed E-state index contributed by atoms with van der Waals surface area (Å²) in [4.78, 5) is 14.9. The van der Waals surface area contributed by atoms with Gasteiger partial charge in [0.15, 0.2) is 0 Å². The van der Waals surface area contributed by atoms with Crippen LogP contribution in [0.25, 0.3) is 0 Å². The van der Waals surface area contributed by atoms with Crippen LogP contribution in [0.1, 0.15) is 39.2 Å². The SMILES string of the molecule is CC1CC(CN)(C(=O)N(Cc2ccccc2)C(C)C)C1. The van der Waals surface area contributed by atoms with Crippen LogP contribution < -0.4 is 5.73 Å². The average Bonchev–Trinajstić information content (AvgIpc) is 2.41. The topological polar surface area (TPSA) is 46.3 Å². The van der Waals surface area contributed by atoms with E-state index in [9.17, 15) is 4.79 Å². The highest BCUT2D eigenvalue weighted by molar-refractivity contribution is 5.84. The third-order valence-corrected chi connectivity index (χ3v) is 4.40.